The highest BCUT2D eigenvalue weighted by Crippen LogP contribution is 2.24. The summed E-state index contributed by atoms with van der Waals surface area (Å²) >= 11 is 0. The Morgan fingerprint density at radius 3 is 2.12 bits per heavy atom. The summed E-state index contributed by atoms with van der Waals surface area (Å²) in [5.74, 6) is 0.614. The first-order chi connectivity index (χ1) is 11.8. The van der Waals surface area contributed by atoms with Crippen molar-refractivity contribution in [3.05, 3.63) is 84.4 Å². The van der Waals surface area contributed by atoms with Gasteiger partial charge in [0.05, 0.1) is 6.61 Å². The van der Waals surface area contributed by atoms with Crippen molar-refractivity contribution in [3.8, 4) is 22.6 Å². The Morgan fingerprint density at radius 1 is 0.792 bits per heavy atom. The van der Waals surface area contributed by atoms with Crippen LogP contribution in [0.5, 0.6) is 11.5 Å². The molecule has 0 amide bonds. The molecule has 0 heterocycles. The van der Waals surface area contributed by atoms with Gasteiger partial charge in [0.2, 0.25) is 0 Å². The third-order valence-electron chi connectivity index (χ3n) is 3.58. The normalized spacial score (nSPS) is 10.2. The molecular formula is C21H18O3. The number of rotatable bonds is 5. The second-order valence-electron chi connectivity index (χ2n) is 5.21. The molecule has 0 aliphatic heterocycles. The van der Waals surface area contributed by atoms with Gasteiger partial charge in [-0.15, -0.1) is 0 Å². The van der Waals surface area contributed by atoms with E-state index in [9.17, 15) is 4.79 Å². The van der Waals surface area contributed by atoms with Crippen molar-refractivity contribution in [2.24, 2.45) is 0 Å². The van der Waals surface area contributed by atoms with Gasteiger partial charge in [0.15, 0.2) is 0 Å². The van der Waals surface area contributed by atoms with Crippen molar-refractivity contribution < 1.29 is 14.3 Å². The second-order valence-corrected chi connectivity index (χ2v) is 5.21. The fourth-order valence-corrected chi connectivity index (χ4v) is 2.42. The largest absolute Gasteiger partial charge is 0.493 e. The Morgan fingerprint density at radius 2 is 1.42 bits per heavy atom. The van der Waals surface area contributed by atoms with Crippen LogP contribution in [-0.2, 0) is 0 Å². The maximum Gasteiger partial charge on any atom is 0.347 e. The highest BCUT2D eigenvalue weighted by Gasteiger charge is 2.14. The van der Waals surface area contributed by atoms with Crippen LogP contribution in [0.3, 0.4) is 0 Å². The third-order valence-corrected chi connectivity index (χ3v) is 3.58. The van der Waals surface area contributed by atoms with E-state index in [1.165, 1.54) is 0 Å². The Labute approximate surface area is 141 Å². The minimum absolute atomic E-state index is 0.423. The lowest BCUT2D eigenvalue weighted by Gasteiger charge is -2.10. The average Bonchev–Trinajstić information content (AvgIpc) is 2.64. The van der Waals surface area contributed by atoms with Crippen LogP contribution in [0.2, 0.25) is 0 Å². The molecule has 0 radical (unpaired) electrons. The van der Waals surface area contributed by atoms with E-state index in [-0.39, 0.29) is 0 Å². The molecule has 0 aromatic heterocycles. The van der Waals surface area contributed by atoms with Crippen molar-refractivity contribution in [1.82, 2.24) is 0 Å². The SMILES string of the molecule is CCOc1ccccc1C(=O)Oc1ccc(-c2ccccc2)cc1. The predicted molar refractivity (Wildman–Crippen MR) is 94.4 cm³/mol. The van der Waals surface area contributed by atoms with Gasteiger partial charge < -0.3 is 9.47 Å². The number of hydrogen-bond donors (Lipinski definition) is 0. The molecule has 0 N–H and O–H groups in total. The van der Waals surface area contributed by atoms with Crippen LogP contribution < -0.4 is 9.47 Å². The van der Waals surface area contributed by atoms with Crippen LogP contribution in [0.25, 0.3) is 11.1 Å². The molecule has 0 aliphatic carbocycles. The van der Waals surface area contributed by atoms with Gasteiger partial charge in [0.1, 0.15) is 17.1 Å². The van der Waals surface area contributed by atoms with Crippen LogP contribution in [0.4, 0.5) is 0 Å². The molecular weight excluding hydrogens is 300 g/mol. The molecule has 120 valence electrons. The van der Waals surface area contributed by atoms with Crippen LogP contribution in [-0.4, -0.2) is 12.6 Å². The van der Waals surface area contributed by atoms with Crippen LogP contribution in [0, 0.1) is 0 Å². The molecule has 0 fully saturated rings. The molecule has 0 atom stereocenters. The quantitative estimate of drug-likeness (QED) is 0.492. The van der Waals surface area contributed by atoms with Crippen molar-refractivity contribution in [3.63, 3.8) is 0 Å². The van der Waals surface area contributed by atoms with E-state index < -0.39 is 5.97 Å². The highest BCUT2D eigenvalue weighted by molar-refractivity contribution is 5.94. The molecule has 3 nitrogen and oxygen atoms in total. The first kappa shape index (κ1) is 15.8. The van der Waals surface area contributed by atoms with E-state index in [0.717, 1.165) is 11.1 Å². The monoisotopic (exact) mass is 318 g/mol. The summed E-state index contributed by atoms with van der Waals surface area (Å²) in [7, 11) is 0. The first-order valence-corrected chi connectivity index (χ1v) is 7.87. The van der Waals surface area contributed by atoms with Gasteiger partial charge in [0, 0.05) is 0 Å². The Hall–Kier alpha value is -3.07. The van der Waals surface area contributed by atoms with Crippen LogP contribution in [0.1, 0.15) is 17.3 Å². The molecule has 0 saturated carbocycles. The molecule has 0 bridgehead atoms. The number of carbonyl (C=O) groups excluding carboxylic acids is 1. The van der Waals surface area contributed by atoms with Crippen molar-refractivity contribution in [2.75, 3.05) is 6.61 Å². The fourth-order valence-electron chi connectivity index (χ4n) is 2.42. The molecule has 3 rings (SSSR count). The van der Waals surface area contributed by atoms with Crippen LogP contribution >= 0.6 is 0 Å². The first-order valence-electron chi connectivity index (χ1n) is 7.87. The van der Waals surface area contributed by atoms with Gasteiger partial charge in [-0.25, -0.2) is 4.79 Å². The topological polar surface area (TPSA) is 35.5 Å². The maximum absolute atomic E-state index is 12.4. The van der Waals surface area contributed by atoms with E-state index in [1.54, 1.807) is 30.3 Å². The Balaban J connectivity index is 1.76. The number of carbonyl (C=O) groups is 1. The summed E-state index contributed by atoms with van der Waals surface area (Å²) < 4.78 is 10.9. The maximum atomic E-state index is 12.4. The van der Waals surface area contributed by atoms with E-state index in [1.807, 2.05) is 55.5 Å². The third kappa shape index (κ3) is 3.63. The summed E-state index contributed by atoms with van der Waals surface area (Å²) in [6.45, 7) is 2.38. The number of esters is 1. The molecule has 0 unspecified atom stereocenters. The van der Waals surface area contributed by atoms with Gasteiger partial charge >= 0.3 is 5.97 Å². The molecule has 0 spiro atoms. The second kappa shape index (κ2) is 7.47. The lowest BCUT2D eigenvalue weighted by Crippen LogP contribution is -2.10. The summed E-state index contributed by atoms with van der Waals surface area (Å²) in [5.41, 5.74) is 2.62. The summed E-state index contributed by atoms with van der Waals surface area (Å²) in [5, 5.41) is 0. The van der Waals surface area contributed by atoms with Crippen molar-refractivity contribution in [2.45, 2.75) is 6.92 Å². The fraction of sp³-hybridized carbons (Fsp3) is 0.0952. The zero-order valence-electron chi connectivity index (χ0n) is 13.4. The van der Waals surface area contributed by atoms with Crippen molar-refractivity contribution in [1.29, 1.82) is 0 Å². The van der Waals surface area contributed by atoms with E-state index in [0.29, 0.717) is 23.7 Å². The number of para-hydroxylation sites is 1. The van der Waals surface area contributed by atoms with Gasteiger partial charge in [0.25, 0.3) is 0 Å². The minimum Gasteiger partial charge on any atom is -0.493 e. The zero-order valence-corrected chi connectivity index (χ0v) is 13.4. The zero-order chi connectivity index (χ0) is 16.8. The van der Waals surface area contributed by atoms with E-state index in [4.69, 9.17) is 9.47 Å². The van der Waals surface area contributed by atoms with Crippen LogP contribution in [0.15, 0.2) is 78.9 Å². The van der Waals surface area contributed by atoms with Gasteiger partial charge in [-0.3, -0.25) is 0 Å². The molecule has 0 saturated heterocycles. The highest BCUT2D eigenvalue weighted by atomic mass is 16.5. The van der Waals surface area contributed by atoms with Gasteiger partial charge in [-0.1, -0.05) is 54.6 Å². The number of hydrogen-bond acceptors (Lipinski definition) is 3. The molecule has 3 aromatic carbocycles. The number of benzene rings is 3. The van der Waals surface area contributed by atoms with E-state index in [2.05, 4.69) is 0 Å². The molecule has 3 aromatic rings. The summed E-state index contributed by atoms with van der Waals surface area (Å²) in [6.07, 6.45) is 0. The van der Waals surface area contributed by atoms with Gasteiger partial charge in [-0.2, -0.15) is 0 Å². The number of ether oxygens (including phenoxy) is 2. The molecule has 0 aliphatic rings. The lowest BCUT2D eigenvalue weighted by atomic mass is 10.1. The Bertz CT molecular complexity index is 808. The Kier molecular flexibility index (Phi) is 4.92. The van der Waals surface area contributed by atoms with Gasteiger partial charge in [-0.05, 0) is 42.3 Å². The predicted octanol–water partition coefficient (Wildman–Crippen LogP) is 4.97. The average molecular weight is 318 g/mol. The lowest BCUT2D eigenvalue weighted by molar-refractivity contribution is 0.0730. The molecule has 24 heavy (non-hydrogen) atoms. The standard InChI is InChI=1S/C21H18O3/c1-2-23-20-11-7-6-10-19(20)21(22)24-18-14-12-17(13-15-18)16-8-4-3-5-9-16/h3-15H,2H2,1H3. The smallest absolute Gasteiger partial charge is 0.347 e. The van der Waals surface area contributed by atoms with E-state index >= 15 is 0 Å². The molecule has 3 heteroatoms. The minimum atomic E-state index is -0.425. The van der Waals surface area contributed by atoms with Crippen molar-refractivity contribution >= 4 is 5.97 Å². The summed E-state index contributed by atoms with van der Waals surface area (Å²) in [4.78, 5) is 12.4. The summed E-state index contributed by atoms with van der Waals surface area (Å²) in [6, 6.07) is 24.6.